The highest BCUT2D eigenvalue weighted by Gasteiger charge is 2.19. The van der Waals surface area contributed by atoms with Gasteiger partial charge in [-0.05, 0) is 25.7 Å². The Morgan fingerprint density at radius 3 is 2.23 bits per heavy atom. The second-order valence-electron chi connectivity index (χ2n) is 6.48. The smallest absolute Gasteiger partial charge is 0.307 e. The van der Waals surface area contributed by atoms with Gasteiger partial charge in [0.15, 0.2) is 0 Å². The molecule has 0 aliphatic carbocycles. The van der Waals surface area contributed by atoms with E-state index in [9.17, 15) is 9.59 Å². The Morgan fingerprint density at radius 1 is 1.00 bits per heavy atom. The van der Waals surface area contributed by atoms with E-state index in [4.69, 9.17) is 4.74 Å². The van der Waals surface area contributed by atoms with Crippen molar-refractivity contribution < 1.29 is 14.3 Å². The summed E-state index contributed by atoms with van der Waals surface area (Å²) >= 11 is 0. The topological polar surface area (TPSA) is 46.6 Å². The normalized spacial score (nSPS) is 12.3. The molecule has 0 spiro atoms. The van der Waals surface area contributed by atoms with E-state index in [1.807, 2.05) is 25.7 Å². The van der Waals surface area contributed by atoms with Crippen LogP contribution in [0.15, 0.2) is 0 Å². The Hall–Kier alpha value is -1.06. The zero-order valence-corrected chi connectivity index (χ0v) is 15.2. The molecular weight excluding hydrogens is 278 g/mol. The van der Waals surface area contributed by atoms with Crippen molar-refractivity contribution in [3.8, 4) is 0 Å². The van der Waals surface area contributed by atoms with E-state index < -0.39 is 0 Å². The molecule has 0 radical (unpaired) electrons. The number of carbonyl (C=O) groups is 2. The lowest BCUT2D eigenvalue weighted by Crippen LogP contribution is -2.39. The van der Waals surface area contributed by atoms with Crippen LogP contribution in [-0.4, -0.2) is 36.0 Å². The molecule has 0 heterocycles. The lowest BCUT2D eigenvalue weighted by atomic mass is 10.1. The summed E-state index contributed by atoms with van der Waals surface area (Å²) in [6.07, 6.45) is 6.18. The number of carbonyl (C=O) groups excluding carboxylic acids is 2. The quantitative estimate of drug-likeness (QED) is 0.401. The minimum Gasteiger partial charge on any atom is -0.465 e. The van der Waals surface area contributed by atoms with E-state index in [-0.39, 0.29) is 24.3 Å². The van der Waals surface area contributed by atoms with Crippen LogP contribution in [0.4, 0.5) is 0 Å². The van der Waals surface area contributed by atoms with Gasteiger partial charge >= 0.3 is 5.97 Å². The highest BCUT2D eigenvalue weighted by atomic mass is 16.5. The zero-order valence-electron chi connectivity index (χ0n) is 15.2. The Bertz CT molecular complexity index is 315. The van der Waals surface area contributed by atoms with E-state index >= 15 is 0 Å². The summed E-state index contributed by atoms with van der Waals surface area (Å²) < 4.78 is 5.18. The molecule has 1 amide bonds. The van der Waals surface area contributed by atoms with Crippen LogP contribution in [0, 0.1) is 5.92 Å². The fourth-order valence-electron chi connectivity index (χ4n) is 2.20. The van der Waals surface area contributed by atoms with Crippen molar-refractivity contribution in [2.24, 2.45) is 5.92 Å². The third kappa shape index (κ3) is 9.80. The van der Waals surface area contributed by atoms with Gasteiger partial charge in [-0.25, -0.2) is 0 Å². The average molecular weight is 313 g/mol. The predicted octanol–water partition coefficient (Wildman–Crippen LogP) is 4.17. The van der Waals surface area contributed by atoms with Crippen molar-refractivity contribution in [1.82, 2.24) is 4.90 Å². The van der Waals surface area contributed by atoms with Gasteiger partial charge in [0.25, 0.3) is 0 Å². The zero-order chi connectivity index (χ0) is 17.0. The first kappa shape index (κ1) is 20.9. The molecule has 1 atom stereocenters. The number of amides is 1. The summed E-state index contributed by atoms with van der Waals surface area (Å²) in [5.74, 6) is 0.303. The molecule has 4 heteroatoms. The second kappa shape index (κ2) is 12.5. The molecular formula is C18H35NO3. The Morgan fingerprint density at radius 2 is 1.68 bits per heavy atom. The number of unbranched alkanes of at least 4 members (excludes halogenated alkanes) is 3. The van der Waals surface area contributed by atoms with E-state index in [1.165, 1.54) is 12.8 Å². The van der Waals surface area contributed by atoms with Crippen molar-refractivity contribution in [2.75, 3.05) is 13.2 Å². The number of ether oxygens (including phenoxy) is 1. The van der Waals surface area contributed by atoms with Crippen molar-refractivity contribution in [3.63, 3.8) is 0 Å². The first-order valence-electron chi connectivity index (χ1n) is 8.87. The SMILES string of the molecule is CCCCCCC(=O)N(CCC(=O)OCC(C)C)C(C)CC. The van der Waals surface area contributed by atoms with Gasteiger partial charge in [-0.2, -0.15) is 0 Å². The highest BCUT2D eigenvalue weighted by molar-refractivity contribution is 5.77. The van der Waals surface area contributed by atoms with Gasteiger partial charge in [0.2, 0.25) is 5.91 Å². The number of hydrogen-bond donors (Lipinski definition) is 0. The fourth-order valence-corrected chi connectivity index (χ4v) is 2.20. The molecule has 22 heavy (non-hydrogen) atoms. The van der Waals surface area contributed by atoms with E-state index in [1.54, 1.807) is 0 Å². The van der Waals surface area contributed by atoms with Crippen molar-refractivity contribution in [2.45, 2.75) is 85.6 Å². The average Bonchev–Trinajstić information content (AvgIpc) is 2.49. The molecule has 1 unspecified atom stereocenters. The van der Waals surface area contributed by atoms with Gasteiger partial charge in [-0.15, -0.1) is 0 Å². The summed E-state index contributed by atoms with van der Waals surface area (Å²) in [6, 6.07) is 0.177. The fraction of sp³-hybridized carbons (Fsp3) is 0.889. The van der Waals surface area contributed by atoms with Crippen LogP contribution in [0.25, 0.3) is 0 Å². The summed E-state index contributed by atoms with van der Waals surface area (Å²) in [7, 11) is 0. The van der Waals surface area contributed by atoms with Gasteiger partial charge in [-0.1, -0.05) is 47.0 Å². The molecule has 0 fully saturated rings. The lowest BCUT2D eigenvalue weighted by molar-refractivity contribution is -0.146. The molecule has 0 aromatic carbocycles. The third-order valence-corrected chi connectivity index (χ3v) is 3.82. The Balaban J connectivity index is 4.27. The summed E-state index contributed by atoms with van der Waals surface area (Å²) in [6.45, 7) is 11.2. The van der Waals surface area contributed by atoms with Gasteiger partial charge < -0.3 is 9.64 Å². The van der Waals surface area contributed by atoms with Gasteiger partial charge in [0.1, 0.15) is 0 Å². The molecule has 0 aromatic heterocycles. The maximum Gasteiger partial charge on any atom is 0.307 e. The van der Waals surface area contributed by atoms with Crippen molar-refractivity contribution >= 4 is 11.9 Å². The van der Waals surface area contributed by atoms with Gasteiger partial charge in [0, 0.05) is 19.0 Å². The summed E-state index contributed by atoms with van der Waals surface area (Å²) in [5, 5.41) is 0. The minimum absolute atomic E-state index is 0.169. The van der Waals surface area contributed by atoms with Crippen LogP contribution < -0.4 is 0 Å². The molecule has 130 valence electrons. The first-order chi connectivity index (χ1) is 10.4. The number of nitrogens with zero attached hydrogens (tertiary/aromatic N) is 1. The first-order valence-corrected chi connectivity index (χ1v) is 8.87. The standard InChI is InChI=1S/C18H35NO3/c1-6-8-9-10-11-17(20)19(16(5)7-2)13-12-18(21)22-14-15(3)4/h15-16H,6-14H2,1-5H3. The Labute approximate surface area is 136 Å². The van der Waals surface area contributed by atoms with Crippen LogP contribution in [0.5, 0.6) is 0 Å². The number of esters is 1. The van der Waals surface area contributed by atoms with E-state index in [0.717, 1.165) is 19.3 Å². The Kier molecular flexibility index (Phi) is 11.9. The highest BCUT2D eigenvalue weighted by Crippen LogP contribution is 2.11. The second-order valence-corrected chi connectivity index (χ2v) is 6.48. The summed E-state index contributed by atoms with van der Waals surface area (Å²) in [5.41, 5.74) is 0. The van der Waals surface area contributed by atoms with Crippen molar-refractivity contribution in [3.05, 3.63) is 0 Å². The molecule has 0 saturated carbocycles. The van der Waals surface area contributed by atoms with Gasteiger partial charge in [-0.3, -0.25) is 9.59 Å². The molecule has 0 aliphatic rings. The molecule has 0 saturated heterocycles. The van der Waals surface area contributed by atoms with Gasteiger partial charge in [0.05, 0.1) is 13.0 Å². The number of rotatable bonds is 12. The molecule has 0 bridgehead atoms. The molecule has 0 aromatic rings. The minimum atomic E-state index is -0.208. The van der Waals surface area contributed by atoms with E-state index in [2.05, 4.69) is 13.8 Å². The molecule has 0 aliphatic heterocycles. The monoisotopic (exact) mass is 313 g/mol. The largest absolute Gasteiger partial charge is 0.465 e. The molecule has 0 rings (SSSR count). The van der Waals surface area contributed by atoms with Crippen LogP contribution in [0.2, 0.25) is 0 Å². The van der Waals surface area contributed by atoms with Crippen molar-refractivity contribution in [1.29, 1.82) is 0 Å². The summed E-state index contributed by atoms with van der Waals surface area (Å²) in [4.78, 5) is 25.9. The van der Waals surface area contributed by atoms with Crippen LogP contribution in [-0.2, 0) is 14.3 Å². The maximum absolute atomic E-state index is 12.4. The molecule has 4 nitrogen and oxygen atoms in total. The maximum atomic E-state index is 12.4. The predicted molar refractivity (Wildman–Crippen MR) is 90.6 cm³/mol. The van der Waals surface area contributed by atoms with Crippen LogP contribution in [0.1, 0.15) is 79.6 Å². The lowest BCUT2D eigenvalue weighted by Gasteiger charge is -2.28. The van der Waals surface area contributed by atoms with Crippen LogP contribution in [0.3, 0.4) is 0 Å². The van der Waals surface area contributed by atoms with Crippen LogP contribution >= 0.6 is 0 Å². The van der Waals surface area contributed by atoms with E-state index in [0.29, 0.717) is 25.5 Å². The molecule has 0 N–H and O–H groups in total. The third-order valence-electron chi connectivity index (χ3n) is 3.82. The number of hydrogen-bond acceptors (Lipinski definition) is 3.